The molecule has 4 rings (SSSR count). The minimum absolute atomic E-state index is 0.00474. The van der Waals surface area contributed by atoms with Gasteiger partial charge < -0.3 is 29.9 Å². The zero-order chi connectivity index (χ0) is 30.8. The van der Waals surface area contributed by atoms with Gasteiger partial charge >= 0.3 is 5.97 Å². The molecule has 43 heavy (non-hydrogen) atoms. The molecule has 228 valence electrons. The number of aliphatic hydroxyl groups excluding tert-OH is 1. The molecule has 4 unspecified atom stereocenters. The van der Waals surface area contributed by atoms with Crippen LogP contribution >= 0.6 is 0 Å². The minimum Gasteiger partial charge on any atom is -0.481 e. The average Bonchev–Trinajstić information content (AvgIpc) is 3.01. The SMILES string of the molecule is C=CCN(C)CC1OC(c2cccc(-c3cccc(CNC(=O)CCCC(=O)O)c3)c2)OC(c2ccc(CO)cc2)C1C. The molecule has 8 nitrogen and oxygen atoms in total. The topological polar surface area (TPSA) is 108 Å². The summed E-state index contributed by atoms with van der Waals surface area (Å²) in [5, 5.41) is 21.2. The Kier molecular flexibility index (Phi) is 11.6. The van der Waals surface area contributed by atoms with Crippen LogP contribution in [0.25, 0.3) is 11.1 Å². The van der Waals surface area contributed by atoms with Crippen LogP contribution in [-0.2, 0) is 32.2 Å². The van der Waals surface area contributed by atoms with Crippen LogP contribution in [0.3, 0.4) is 0 Å². The number of carbonyl (C=O) groups excluding carboxylic acids is 1. The lowest BCUT2D eigenvalue weighted by Crippen LogP contribution is -2.43. The number of hydrogen-bond acceptors (Lipinski definition) is 6. The van der Waals surface area contributed by atoms with Gasteiger partial charge in [-0.15, -0.1) is 6.58 Å². The van der Waals surface area contributed by atoms with E-state index in [9.17, 15) is 14.7 Å². The fourth-order valence-electron chi connectivity index (χ4n) is 5.35. The third-order valence-corrected chi connectivity index (χ3v) is 7.76. The summed E-state index contributed by atoms with van der Waals surface area (Å²) in [6.45, 7) is 7.86. The summed E-state index contributed by atoms with van der Waals surface area (Å²) in [4.78, 5) is 25.0. The van der Waals surface area contributed by atoms with E-state index in [1.54, 1.807) is 0 Å². The van der Waals surface area contributed by atoms with Crippen LogP contribution in [0.5, 0.6) is 0 Å². The Morgan fingerprint density at radius 2 is 1.67 bits per heavy atom. The number of carboxylic acids is 1. The summed E-state index contributed by atoms with van der Waals surface area (Å²) in [7, 11) is 2.05. The Morgan fingerprint density at radius 3 is 2.37 bits per heavy atom. The maximum atomic E-state index is 12.1. The Bertz CT molecular complexity index is 1370. The first kappa shape index (κ1) is 32.1. The van der Waals surface area contributed by atoms with Gasteiger partial charge in [0.2, 0.25) is 5.91 Å². The van der Waals surface area contributed by atoms with Crippen LogP contribution in [0.4, 0.5) is 0 Å². The number of amides is 1. The molecule has 3 N–H and O–H groups in total. The molecule has 0 spiro atoms. The summed E-state index contributed by atoms with van der Waals surface area (Å²) in [5.41, 5.74) is 5.77. The Hall–Kier alpha value is -3.82. The summed E-state index contributed by atoms with van der Waals surface area (Å²) in [5.74, 6) is -0.977. The summed E-state index contributed by atoms with van der Waals surface area (Å²) < 4.78 is 13.2. The van der Waals surface area contributed by atoms with Crippen molar-refractivity contribution in [3.8, 4) is 11.1 Å². The maximum Gasteiger partial charge on any atom is 0.303 e. The zero-order valence-electron chi connectivity index (χ0n) is 24.9. The summed E-state index contributed by atoms with van der Waals surface area (Å²) >= 11 is 0. The molecule has 8 heteroatoms. The number of nitrogens with one attached hydrogen (secondary N) is 1. The molecular weight excluding hydrogens is 544 g/mol. The lowest BCUT2D eigenvalue weighted by molar-refractivity contribution is -0.275. The molecule has 0 aromatic heterocycles. The van der Waals surface area contributed by atoms with Crippen LogP contribution in [-0.4, -0.2) is 53.2 Å². The molecule has 0 bridgehead atoms. The van der Waals surface area contributed by atoms with Gasteiger partial charge in [0.1, 0.15) is 0 Å². The standard InChI is InChI=1S/C35H42N2O6/c1-4-18-37(3)22-31-24(2)34(27-16-14-25(23-38)15-17-27)43-35(42-31)30-11-6-10-29(20-30)28-9-5-8-26(19-28)21-36-32(39)12-7-13-33(40)41/h4-6,8-11,14-17,19-20,24,31,34-35,38H,1,7,12-13,18,21-23H2,2-3H3,(H,36,39)(H,40,41). The first-order valence-electron chi connectivity index (χ1n) is 14.7. The van der Waals surface area contributed by atoms with Gasteiger partial charge in [-0.2, -0.15) is 0 Å². The van der Waals surface area contributed by atoms with Crippen molar-refractivity contribution in [1.29, 1.82) is 0 Å². The number of hydrogen-bond donors (Lipinski definition) is 3. The predicted octanol–water partition coefficient (Wildman–Crippen LogP) is 5.63. The smallest absolute Gasteiger partial charge is 0.303 e. The lowest BCUT2D eigenvalue weighted by Gasteiger charge is -2.42. The molecular formula is C35H42N2O6. The third kappa shape index (κ3) is 9.08. The van der Waals surface area contributed by atoms with Crippen molar-refractivity contribution in [3.05, 3.63) is 108 Å². The number of rotatable bonds is 14. The first-order chi connectivity index (χ1) is 20.8. The first-order valence-corrected chi connectivity index (χ1v) is 14.7. The highest BCUT2D eigenvalue weighted by molar-refractivity contribution is 5.76. The lowest BCUT2D eigenvalue weighted by atomic mass is 9.90. The van der Waals surface area contributed by atoms with E-state index in [1.807, 2.05) is 72.8 Å². The van der Waals surface area contributed by atoms with Crippen molar-refractivity contribution in [2.24, 2.45) is 5.92 Å². The molecule has 1 fully saturated rings. The van der Waals surface area contributed by atoms with E-state index in [0.29, 0.717) is 13.0 Å². The van der Waals surface area contributed by atoms with E-state index in [2.05, 4.69) is 36.8 Å². The predicted molar refractivity (Wildman–Crippen MR) is 166 cm³/mol. The van der Waals surface area contributed by atoms with Crippen molar-refractivity contribution in [3.63, 3.8) is 0 Å². The van der Waals surface area contributed by atoms with Gasteiger partial charge in [-0.3, -0.25) is 9.59 Å². The van der Waals surface area contributed by atoms with Crippen molar-refractivity contribution in [2.45, 2.75) is 57.8 Å². The van der Waals surface area contributed by atoms with Crippen molar-refractivity contribution >= 4 is 11.9 Å². The van der Waals surface area contributed by atoms with Crippen LogP contribution in [0.2, 0.25) is 0 Å². The third-order valence-electron chi connectivity index (χ3n) is 7.76. The van der Waals surface area contributed by atoms with Gasteiger partial charge in [-0.1, -0.05) is 73.7 Å². The molecule has 1 aliphatic heterocycles. The van der Waals surface area contributed by atoms with Crippen LogP contribution < -0.4 is 5.32 Å². The van der Waals surface area contributed by atoms with E-state index in [4.69, 9.17) is 14.6 Å². The molecule has 0 aliphatic carbocycles. The van der Waals surface area contributed by atoms with E-state index in [1.165, 1.54) is 0 Å². The Balaban J connectivity index is 1.52. The minimum atomic E-state index is -0.899. The molecule has 1 amide bonds. The van der Waals surface area contributed by atoms with Crippen molar-refractivity contribution in [1.82, 2.24) is 10.2 Å². The van der Waals surface area contributed by atoms with E-state index >= 15 is 0 Å². The molecule has 0 radical (unpaired) electrons. The monoisotopic (exact) mass is 586 g/mol. The van der Waals surface area contributed by atoms with E-state index in [-0.39, 0.29) is 43.5 Å². The highest BCUT2D eigenvalue weighted by Gasteiger charge is 2.38. The normalized spacial score (nSPS) is 20.1. The number of aliphatic hydroxyl groups is 1. The highest BCUT2D eigenvalue weighted by atomic mass is 16.7. The van der Waals surface area contributed by atoms with Gasteiger partial charge in [-0.25, -0.2) is 0 Å². The Labute approximate surface area is 254 Å². The number of likely N-dealkylation sites (N-methyl/N-ethyl adjacent to an activating group) is 1. The summed E-state index contributed by atoms with van der Waals surface area (Å²) in [6, 6.07) is 24.0. The number of nitrogens with zero attached hydrogens (tertiary/aromatic N) is 1. The number of ether oxygens (including phenoxy) is 2. The average molecular weight is 587 g/mol. The van der Waals surface area contributed by atoms with Crippen LogP contribution in [0, 0.1) is 5.92 Å². The number of aliphatic carboxylic acids is 1. The highest BCUT2D eigenvalue weighted by Crippen LogP contribution is 2.42. The zero-order valence-corrected chi connectivity index (χ0v) is 24.9. The fourth-order valence-corrected chi connectivity index (χ4v) is 5.35. The second-order valence-electron chi connectivity index (χ2n) is 11.2. The van der Waals surface area contributed by atoms with Crippen molar-refractivity contribution < 1.29 is 29.3 Å². The second-order valence-corrected chi connectivity index (χ2v) is 11.2. The number of carboxylic acid groups (broad SMARTS) is 1. The number of benzene rings is 3. The van der Waals surface area contributed by atoms with Gasteiger partial charge in [-0.05, 0) is 53.4 Å². The molecule has 3 aromatic carbocycles. The van der Waals surface area contributed by atoms with Gasteiger partial charge in [0.15, 0.2) is 6.29 Å². The molecule has 3 aromatic rings. The quantitative estimate of drug-likeness (QED) is 0.210. The van der Waals surface area contributed by atoms with Crippen LogP contribution in [0.15, 0.2) is 85.5 Å². The van der Waals surface area contributed by atoms with Crippen molar-refractivity contribution in [2.75, 3.05) is 20.1 Å². The van der Waals surface area contributed by atoms with Gasteiger partial charge in [0.25, 0.3) is 0 Å². The molecule has 4 atom stereocenters. The number of carbonyl (C=O) groups is 2. The maximum absolute atomic E-state index is 12.1. The summed E-state index contributed by atoms with van der Waals surface area (Å²) in [6.07, 6.45) is 1.51. The Morgan fingerprint density at radius 1 is 0.953 bits per heavy atom. The second kappa shape index (κ2) is 15.6. The van der Waals surface area contributed by atoms with Gasteiger partial charge in [0.05, 0.1) is 18.8 Å². The molecule has 0 saturated carbocycles. The molecule has 1 aliphatic rings. The van der Waals surface area contributed by atoms with E-state index in [0.717, 1.165) is 46.5 Å². The fraction of sp³-hybridized carbons (Fsp3) is 0.371. The van der Waals surface area contributed by atoms with Crippen LogP contribution in [0.1, 0.15) is 60.8 Å². The van der Waals surface area contributed by atoms with Gasteiger partial charge in [0, 0.05) is 44.0 Å². The van der Waals surface area contributed by atoms with E-state index < -0.39 is 12.3 Å². The largest absolute Gasteiger partial charge is 0.481 e. The molecule has 1 heterocycles. The molecule has 1 saturated heterocycles.